The van der Waals surface area contributed by atoms with E-state index in [1.165, 1.54) is 27.7 Å². The summed E-state index contributed by atoms with van der Waals surface area (Å²) in [6, 6.07) is 48.0. The first-order valence-electron chi connectivity index (χ1n) is 16.0. The van der Waals surface area contributed by atoms with E-state index in [1.807, 2.05) is 42.5 Å². The zero-order chi connectivity index (χ0) is 31.2. The van der Waals surface area contributed by atoms with Crippen LogP contribution in [0, 0.1) is 0 Å². The molecule has 8 aromatic rings. The number of hydrogen-bond acceptors (Lipinski definition) is 4. The van der Waals surface area contributed by atoms with Crippen molar-refractivity contribution in [1.29, 1.82) is 0 Å². The number of fused-ring (bicyclic) bond motifs is 4. The Morgan fingerprint density at radius 1 is 0.404 bits per heavy atom. The van der Waals surface area contributed by atoms with Gasteiger partial charge in [0.2, 0.25) is 0 Å². The quantitative estimate of drug-likeness (QED) is 0.196. The van der Waals surface area contributed by atoms with Gasteiger partial charge in [-0.3, -0.25) is 0 Å². The lowest BCUT2D eigenvalue weighted by Gasteiger charge is -2.16. The topological polar surface area (TPSA) is 51.8 Å². The predicted molar refractivity (Wildman–Crippen MR) is 193 cm³/mol. The fourth-order valence-corrected chi connectivity index (χ4v) is 6.75. The van der Waals surface area contributed by atoms with E-state index in [-0.39, 0.29) is 0 Å². The Morgan fingerprint density at radius 2 is 0.979 bits per heavy atom. The minimum absolute atomic E-state index is 0.619. The van der Waals surface area contributed by atoms with Crippen LogP contribution in [-0.2, 0) is 0 Å². The second kappa shape index (κ2) is 11.3. The zero-order valence-electron chi connectivity index (χ0n) is 25.6. The molecule has 222 valence electrons. The summed E-state index contributed by atoms with van der Waals surface area (Å²) >= 11 is 0. The Labute approximate surface area is 272 Å². The van der Waals surface area contributed by atoms with E-state index in [4.69, 9.17) is 19.4 Å². The lowest BCUT2D eigenvalue weighted by molar-refractivity contribution is 0.669. The minimum Gasteiger partial charge on any atom is -0.456 e. The molecule has 4 nitrogen and oxygen atoms in total. The Balaban J connectivity index is 1.25. The Bertz CT molecular complexity index is 2510. The van der Waals surface area contributed by atoms with Gasteiger partial charge in [-0.25, -0.2) is 15.0 Å². The van der Waals surface area contributed by atoms with E-state index < -0.39 is 0 Å². The van der Waals surface area contributed by atoms with Crippen LogP contribution in [0.1, 0.15) is 24.0 Å². The highest BCUT2D eigenvalue weighted by Crippen LogP contribution is 2.42. The first kappa shape index (κ1) is 27.2. The van der Waals surface area contributed by atoms with E-state index in [9.17, 15) is 0 Å². The monoisotopic (exact) mass is 603 g/mol. The molecule has 0 saturated carbocycles. The van der Waals surface area contributed by atoms with Gasteiger partial charge in [0.25, 0.3) is 0 Å². The predicted octanol–water partition coefficient (Wildman–Crippen LogP) is 11.2. The Hall–Kier alpha value is -6.13. The van der Waals surface area contributed by atoms with Crippen LogP contribution >= 0.6 is 0 Å². The van der Waals surface area contributed by atoms with E-state index in [1.54, 1.807) is 0 Å². The number of aromatic nitrogens is 3. The average molecular weight is 604 g/mol. The number of hydrogen-bond donors (Lipinski definition) is 0. The number of rotatable bonds is 5. The van der Waals surface area contributed by atoms with Crippen molar-refractivity contribution in [2.75, 3.05) is 0 Å². The third kappa shape index (κ3) is 4.91. The lowest BCUT2D eigenvalue weighted by atomic mass is 9.88. The van der Waals surface area contributed by atoms with Crippen LogP contribution in [-0.4, -0.2) is 15.0 Å². The van der Waals surface area contributed by atoms with E-state index in [0.29, 0.717) is 17.5 Å². The largest absolute Gasteiger partial charge is 0.456 e. The molecule has 1 aliphatic carbocycles. The molecule has 0 spiro atoms. The summed E-state index contributed by atoms with van der Waals surface area (Å²) in [6.45, 7) is 0. The molecule has 2 aromatic heterocycles. The van der Waals surface area contributed by atoms with Crippen molar-refractivity contribution >= 4 is 43.9 Å². The Kier molecular flexibility index (Phi) is 6.57. The van der Waals surface area contributed by atoms with Gasteiger partial charge in [-0.05, 0) is 64.1 Å². The molecular weight excluding hydrogens is 574 g/mol. The fourth-order valence-electron chi connectivity index (χ4n) is 6.75. The molecule has 6 aromatic carbocycles. The zero-order valence-corrected chi connectivity index (χ0v) is 25.6. The van der Waals surface area contributed by atoms with Crippen molar-refractivity contribution in [3.63, 3.8) is 0 Å². The van der Waals surface area contributed by atoms with Gasteiger partial charge in [0.05, 0.1) is 0 Å². The molecule has 4 heteroatoms. The van der Waals surface area contributed by atoms with Gasteiger partial charge < -0.3 is 4.42 Å². The van der Waals surface area contributed by atoms with E-state index in [0.717, 1.165) is 56.9 Å². The van der Waals surface area contributed by atoms with E-state index in [2.05, 4.69) is 109 Å². The molecule has 9 rings (SSSR count). The number of allylic oxidation sites excluding steroid dienone is 4. The smallest absolute Gasteiger partial charge is 0.164 e. The van der Waals surface area contributed by atoms with E-state index >= 15 is 0 Å². The van der Waals surface area contributed by atoms with Gasteiger partial charge in [0.15, 0.2) is 17.5 Å². The summed E-state index contributed by atoms with van der Waals surface area (Å²) in [5, 5.41) is 4.44. The summed E-state index contributed by atoms with van der Waals surface area (Å²) in [5.41, 5.74) is 9.61. The van der Waals surface area contributed by atoms with Crippen molar-refractivity contribution in [3.8, 4) is 34.2 Å². The molecule has 0 N–H and O–H groups in total. The average Bonchev–Trinajstić information content (AvgIpc) is 3.55. The number of nitrogens with zero attached hydrogens (tertiary/aromatic N) is 3. The summed E-state index contributed by atoms with van der Waals surface area (Å²) in [7, 11) is 0. The van der Waals surface area contributed by atoms with Crippen molar-refractivity contribution in [3.05, 3.63) is 163 Å². The lowest BCUT2D eigenvalue weighted by Crippen LogP contribution is -2.00. The molecule has 0 bridgehead atoms. The van der Waals surface area contributed by atoms with Crippen LogP contribution < -0.4 is 0 Å². The maximum Gasteiger partial charge on any atom is 0.164 e. The summed E-state index contributed by atoms with van der Waals surface area (Å²) in [4.78, 5) is 15.2. The minimum atomic E-state index is 0.619. The van der Waals surface area contributed by atoms with Crippen molar-refractivity contribution < 1.29 is 4.42 Å². The van der Waals surface area contributed by atoms with Gasteiger partial charge in [-0.15, -0.1) is 0 Å². The summed E-state index contributed by atoms with van der Waals surface area (Å²) in [6.07, 6.45) is 6.48. The third-order valence-corrected chi connectivity index (χ3v) is 9.08. The first-order chi connectivity index (χ1) is 23.3. The van der Waals surface area contributed by atoms with Gasteiger partial charge in [0.1, 0.15) is 11.2 Å². The van der Waals surface area contributed by atoms with Crippen molar-refractivity contribution in [2.24, 2.45) is 0 Å². The fraction of sp³-hybridized carbons (Fsp3) is 0.0465. The SMILES string of the molecule is C1=C(c2ccccc2)CCC(c2cccc3oc4cccc(-c5nc(-c6ccccc6)nc(-c6ccc7ccccc7c6)n5)c4c23)=C1. The van der Waals surface area contributed by atoms with Gasteiger partial charge in [0, 0.05) is 27.5 Å². The normalized spacial score (nSPS) is 13.2. The molecule has 0 radical (unpaired) electrons. The third-order valence-electron chi connectivity index (χ3n) is 9.08. The molecule has 0 fully saturated rings. The maximum absolute atomic E-state index is 6.50. The maximum atomic E-state index is 6.50. The molecule has 1 aliphatic rings. The number of furan rings is 1. The molecular formula is C43H29N3O. The molecule has 0 aliphatic heterocycles. The van der Waals surface area contributed by atoms with Crippen LogP contribution in [0.15, 0.2) is 156 Å². The molecule has 2 heterocycles. The van der Waals surface area contributed by atoms with Gasteiger partial charge in [-0.1, -0.05) is 133 Å². The summed E-state index contributed by atoms with van der Waals surface area (Å²) in [5.74, 6) is 1.89. The Morgan fingerprint density at radius 3 is 1.70 bits per heavy atom. The van der Waals surface area contributed by atoms with Gasteiger partial charge in [-0.2, -0.15) is 0 Å². The highest BCUT2D eigenvalue weighted by atomic mass is 16.3. The molecule has 0 saturated heterocycles. The molecule has 0 atom stereocenters. The van der Waals surface area contributed by atoms with Crippen molar-refractivity contribution in [2.45, 2.75) is 12.8 Å². The van der Waals surface area contributed by atoms with Crippen LogP contribution in [0.25, 0.3) is 78.0 Å². The highest BCUT2D eigenvalue weighted by molar-refractivity contribution is 6.16. The van der Waals surface area contributed by atoms with Crippen molar-refractivity contribution in [1.82, 2.24) is 15.0 Å². The van der Waals surface area contributed by atoms with Crippen LogP contribution in [0.4, 0.5) is 0 Å². The summed E-state index contributed by atoms with van der Waals surface area (Å²) < 4.78 is 6.50. The molecule has 0 unspecified atom stereocenters. The molecule has 47 heavy (non-hydrogen) atoms. The first-order valence-corrected chi connectivity index (χ1v) is 16.0. The van der Waals surface area contributed by atoms with Gasteiger partial charge >= 0.3 is 0 Å². The number of benzene rings is 6. The molecule has 0 amide bonds. The standard InChI is InChI=1S/C43H29N3O/c1-3-11-28(12-4-1)30-21-24-31(25-22-30)35-17-9-19-37-39(35)40-36(18-10-20-38(40)47-37)43-45-41(32-14-5-2-6-15-32)44-42(46-43)34-26-23-29-13-7-8-16-33(29)27-34/h1-21,23-24,26-27H,22,25H2. The second-order valence-corrected chi connectivity index (χ2v) is 11.9. The highest BCUT2D eigenvalue weighted by Gasteiger charge is 2.21. The van der Waals surface area contributed by atoms with Crippen LogP contribution in [0.3, 0.4) is 0 Å². The van der Waals surface area contributed by atoms with Crippen LogP contribution in [0.2, 0.25) is 0 Å². The van der Waals surface area contributed by atoms with Crippen LogP contribution in [0.5, 0.6) is 0 Å². The second-order valence-electron chi connectivity index (χ2n) is 11.9.